The SMILES string of the molecule is Clc1nccn2c(-c3csc(Br)c3)nnc12. The lowest BCUT2D eigenvalue weighted by molar-refractivity contribution is 1.11. The molecule has 0 radical (unpaired) electrons. The summed E-state index contributed by atoms with van der Waals surface area (Å²) in [6.45, 7) is 0. The van der Waals surface area contributed by atoms with Crippen LogP contribution in [0.3, 0.4) is 0 Å². The number of hydrogen-bond donors (Lipinski definition) is 0. The molecule has 16 heavy (non-hydrogen) atoms. The van der Waals surface area contributed by atoms with Crippen LogP contribution >= 0.6 is 38.9 Å². The van der Waals surface area contributed by atoms with Crippen molar-refractivity contribution in [3.63, 3.8) is 0 Å². The Morgan fingerprint density at radius 1 is 1.38 bits per heavy atom. The largest absolute Gasteiger partial charge is 0.278 e. The molecule has 3 heterocycles. The molecule has 0 aliphatic heterocycles. The molecule has 0 bridgehead atoms. The quantitative estimate of drug-likeness (QED) is 0.692. The van der Waals surface area contributed by atoms with Crippen molar-refractivity contribution >= 4 is 44.5 Å². The maximum atomic E-state index is 5.92. The zero-order valence-electron chi connectivity index (χ0n) is 7.76. The van der Waals surface area contributed by atoms with Crippen LogP contribution in [0.4, 0.5) is 0 Å². The molecule has 7 heteroatoms. The van der Waals surface area contributed by atoms with E-state index in [1.165, 1.54) is 0 Å². The summed E-state index contributed by atoms with van der Waals surface area (Å²) in [4.78, 5) is 3.95. The van der Waals surface area contributed by atoms with Crippen LogP contribution in [-0.4, -0.2) is 19.6 Å². The van der Waals surface area contributed by atoms with Gasteiger partial charge in [-0.2, -0.15) is 0 Å². The number of thiophene rings is 1. The van der Waals surface area contributed by atoms with E-state index in [4.69, 9.17) is 11.6 Å². The van der Waals surface area contributed by atoms with Crippen LogP contribution in [0, 0.1) is 0 Å². The molecular formula is C9H4BrClN4S. The summed E-state index contributed by atoms with van der Waals surface area (Å²) in [5.41, 5.74) is 1.58. The Kier molecular flexibility index (Phi) is 2.42. The van der Waals surface area contributed by atoms with Crippen LogP contribution in [0.5, 0.6) is 0 Å². The molecule has 80 valence electrons. The fourth-order valence-corrected chi connectivity index (χ4v) is 2.74. The van der Waals surface area contributed by atoms with Gasteiger partial charge in [-0.25, -0.2) is 4.98 Å². The van der Waals surface area contributed by atoms with Gasteiger partial charge in [-0.1, -0.05) is 11.6 Å². The highest BCUT2D eigenvalue weighted by molar-refractivity contribution is 9.11. The highest BCUT2D eigenvalue weighted by Gasteiger charge is 2.11. The van der Waals surface area contributed by atoms with Gasteiger partial charge in [0.25, 0.3) is 0 Å². The van der Waals surface area contributed by atoms with E-state index in [9.17, 15) is 0 Å². The molecule has 0 spiro atoms. The number of hydrogen-bond acceptors (Lipinski definition) is 4. The number of fused-ring (bicyclic) bond motifs is 1. The molecule has 3 rings (SSSR count). The van der Waals surface area contributed by atoms with Crippen molar-refractivity contribution in [1.82, 2.24) is 19.6 Å². The van der Waals surface area contributed by atoms with E-state index < -0.39 is 0 Å². The second-order valence-electron chi connectivity index (χ2n) is 3.07. The Bertz CT molecular complexity index is 662. The maximum Gasteiger partial charge on any atom is 0.198 e. The van der Waals surface area contributed by atoms with Gasteiger partial charge in [-0.3, -0.25) is 4.40 Å². The molecule has 0 unspecified atom stereocenters. The molecule has 4 nitrogen and oxygen atoms in total. The Labute approximate surface area is 108 Å². The minimum atomic E-state index is 0.357. The summed E-state index contributed by atoms with van der Waals surface area (Å²) in [7, 11) is 0. The first-order valence-electron chi connectivity index (χ1n) is 4.35. The van der Waals surface area contributed by atoms with E-state index in [0.29, 0.717) is 10.8 Å². The van der Waals surface area contributed by atoms with Gasteiger partial charge in [-0.15, -0.1) is 21.5 Å². The molecule has 3 aromatic heterocycles. The van der Waals surface area contributed by atoms with Crippen molar-refractivity contribution < 1.29 is 0 Å². The molecule has 3 aromatic rings. The van der Waals surface area contributed by atoms with Crippen LogP contribution in [0.15, 0.2) is 27.6 Å². The first-order valence-corrected chi connectivity index (χ1v) is 6.40. The van der Waals surface area contributed by atoms with Gasteiger partial charge in [0.2, 0.25) is 0 Å². The maximum absolute atomic E-state index is 5.92. The molecule has 0 atom stereocenters. The molecular weight excluding hydrogens is 312 g/mol. The van der Waals surface area contributed by atoms with Crippen molar-refractivity contribution in [3.8, 4) is 11.4 Å². The van der Waals surface area contributed by atoms with E-state index in [0.717, 1.165) is 15.2 Å². The smallest absolute Gasteiger partial charge is 0.198 e. The van der Waals surface area contributed by atoms with Crippen molar-refractivity contribution in [2.75, 3.05) is 0 Å². The molecule has 0 aliphatic rings. The lowest BCUT2D eigenvalue weighted by Gasteiger charge is -1.96. The first-order chi connectivity index (χ1) is 7.75. The summed E-state index contributed by atoms with van der Waals surface area (Å²) in [6, 6.07) is 2.00. The molecule has 0 aliphatic carbocycles. The van der Waals surface area contributed by atoms with Gasteiger partial charge in [-0.05, 0) is 22.0 Å². The van der Waals surface area contributed by atoms with Gasteiger partial charge in [0.15, 0.2) is 16.6 Å². The predicted octanol–water partition coefficient (Wildman–Crippen LogP) is 3.27. The van der Waals surface area contributed by atoms with Crippen LogP contribution < -0.4 is 0 Å². The zero-order valence-corrected chi connectivity index (χ0v) is 10.9. The summed E-state index contributed by atoms with van der Waals surface area (Å²) in [5.74, 6) is 0.765. The van der Waals surface area contributed by atoms with Crippen LogP contribution in [0.1, 0.15) is 0 Å². The lowest BCUT2D eigenvalue weighted by Crippen LogP contribution is -1.89. The average Bonchev–Trinajstić information content (AvgIpc) is 2.84. The molecule has 0 amide bonds. The van der Waals surface area contributed by atoms with Crippen molar-refractivity contribution in [2.24, 2.45) is 0 Å². The Hall–Kier alpha value is -0.980. The van der Waals surface area contributed by atoms with Gasteiger partial charge in [0, 0.05) is 23.3 Å². The lowest BCUT2D eigenvalue weighted by atomic mass is 10.3. The number of rotatable bonds is 1. The zero-order chi connectivity index (χ0) is 11.1. The molecule has 0 fully saturated rings. The number of halogens is 2. The predicted molar refractivity (Wildman–Crippen MR) is 66.8 cm³/mol. The fraction of sp³-hybridized carbons (Fsp3) is 0. The van der Waals surface area contributed by atoms with Crippen molar-refractivity contribution in [1.29, 1.82) is 0 Å². The minimum absolute atomic E-state index is 0.357. The Balaban J connectivity index is 2.29. The van der Waals surface area contributed by atoms with E-state index in [1.807, 2.05) is 15.8 Å². The first kappa shape index (κ1) is 10.2. The standard InChI is InChI=1S/C9H4BrClN4S/c10-6-3-5(4-16-6)8-13-14-9-7(11)12-1-2-15(8)9/h1-4H. The van der Waals surface area contributed by atoms with Gasteiger partial charge in [0.1, 0.15) is 0 Å². The summed E-state index contributed by atoms with van der Waals surface area (Å²) in [5, 5.41) is 10.5. The number of nitrogens with zero attached hydrogens (tertiary/aromatic N) is 4. The van der Waals surface area contributed by atoms with Gasteiger partial charge < -0.3 is 0 Å². The molecule has 0 aromatic carbocycles. The van der Waals surface area contributed by atoms with Crippen molar-refractivity contribution in [3.05, 3.63) is 32.8 Å². The van der Waals surface area contributed by atoms with E-state index in [-0.39, 0.29) is 0 Å². The Morgan fingerprint density at radius 2 is 2.25 bits per heavy atom. The van der Waals surface area contributed by atoms with Crippen molar-refractivity contribution in [2.45, 2.75) is 0 Å². The van der Waals surface area contributed by atoms with E-state index in [2.05, 4.69) is 31.1 Å². The average molecular weight is 316 g/mol. The van der Waals surface area contributed by atoms with E-state index >= 15 is 0 Å². The summed E-state index contributed by atoms with van der Waals surface area (Å²) < 4.78 is 2.88. The minimum Gasteiger partial charge on any atom is -0.278 e. The second kappa shape index (κ2) is 3.80. The monoisotopic (exact) mass is 314 g/mol. The fourth-order valence-electron chi connectivity index (χ4n) is 1.42. The second-order valence-corrected chi connectivity index (χ2v) is 5.72. The number of aromatic nitrogens is 4. The third-order valence-electron chi connectivity index (χ3n) is 2.11. The normalized spacial score (nSPS) is 11.1. The third kappa shape index (κ3) is 1.53. The third-order valence-corrected chi connectivity index (χ3v) is 3.88. The van der Waals surface area contributed by atoms with E-state index in [1.54, 1.807) is 23.7 Å². The molecule has 0 saturated carbocycles. The van der Waals surface area contributed by atoms with Crippen LogP contribution in [0.2, 0.25) is 5.15 Å². The highest BCUT2D eigenvalue weighted by atomic mass is 79.9. The topological polar surface area (TPSA) is 43.1 Å². The van der Waals surface area contributed by atoms with Gasteiger partial charge >= 0.3 is 0 Å². The van der Waals surface area contributed by atoms with Crippen LogP contribution in [0.25, 0.3) is 17.0 Å². The Morgan fingerprint density at radius 3 is 3.00 bits per heavy atom. The summed E-state index contributed by atoms with van der Waals surface area (Å²) in [6.07, 6.45) is 3.42. The molecule has 0 N–H and O–H groups in total. The molecule has 0 saturated heterocycles. The summed E-state index contributed by atoms with van der Waals surface area (Å²) >= 11 is 10.9. The van der Waals surface area contributed by atoms with Gasteiger partial charge in [0.05, 0.1) is 3.79 Å². The highest BCUT2D eigenvalue weighted by Crippen LogP contribution is 2.28. The van der Waals surface area contributed by atoms with Crippen LogP contribution in [-0.2, 0) is 0 Å².